The normalized spacial score (nSPS) is 17.4. The highest BCUT2D eigenvalue weighted by molar-refractivity contribution is 5.92. The molecule has 2 aromatic carbocycles. The fourth-order valence-electron chi connectivity index (χ4n) is 2.65. The largest absolute Gasteiger partial charge is 0.460 e. The van der Waals surface area contributed by atoms with Gasteiger partial charge in [-0.3, -0.25) is 9.80 Å². The molecule has 0 radical (unpaired) electrons. The van der Waals surface area contributed by atoms with Gasteiger partial charge in [0.05, 0.1) is 5.69 Å². The first kappa shape index (κ1) is 21.6. The number of hydrazine groups is 1. The van der Waals surface area contributed by atoms with Crippen LogP contribution in [0.1, 0.15) is 27.7 Å². The number of amides is 1. The van der Waals surface area contributed by atoms with Gasteiger partial charge in [0, 0.05) is 11.1 Å². The summed E-state index contributed by atoms with van der Waals surface area (Å²) in [5.74, 6) is -12.3. The predicted octanol–water partition coefficient (Wildman–Crippen LogP) is 4.13. The van der Waals surface area contributed by atoms with Crippen molar-refractivity contribution in [1.29, 1.82) is 0 Å². The van der Waals surface area contributed by atoms with Gasteiger partial charge in [0.2, 0.25) is 5.91 Å². The van der Waals surface area contributed by atoms with E-state index < -0.39 is 35.7 Å². The van der Waals surface area contributed by atoms with Gasteiger partial charge in [-0.1, -0.05) is 24.3 Å². The third-order valence-corrected chi connectivity index (χ3v) is 4.36. The Morgan fingerprint density at radius 2 is 1.50 bits per heavy atom. The maximum Gasteiger partial charge on any atom is 0.460 e. The van der Waals surface area contributed by atoms with E-state index in [-0.39, 0.29) is 11.3 Å². The zero-order valence-corrected chi connectivity index (χ0v) is 14.8. The number of rotatable bonds is 5. The zero-order valence-electron chi connectivity index (χ0n) is 14.8. The van der Waals surface area contributed by atoms with Gasteiger partial charge in [-0.2, -0.15) is 36.2 Å². The summed E-state index contributed by atoms with van der Waals surface area (Å²) in [7, 11) is 0. The van der Waals surface area contributed by atoms with Crippen molar-refractivity contribution >= 4 is 17.9 Å². The molecule has 1 amide bonds. The van der Waals surface area contributed by atoms with Crippen molar-refractivity contribution in [3.8, 4) is 0 Å². The third kappa shape index (κ3) is 3.70. The number of anilines is 1. The highest BCUT2D eigenvalue weighted by Crippen LogP contribution is 2.51. The van der Waals surface area contributed by atoms with Gasteiger partial charge in [0.25, 0.3) is 0 Å². The second kappa shape index (κ2) is 7.27. The topological polar surface area (TPSA) is 70.7 Å². The molecular weight excluding hydrogens is 421 g/mol. The highest BCUT2D eigenvalue weighted by Gasteiger charge is 2.73. The van der Waals surface area contributed by atoms with Gasteiger partial charge in [-0.15, -0.1) is 0 Å². The van der Waals surface area contributed by atoms with Gasteiger partial charge < -0.3 is 5.73 Å². The van der Waals surface area contributed by atoms with E-state index in [9.17, 15) is 35.5 Å². The first-order valence-corrected chi connectivity index (χ1v) is 8.26. The van der Waals surface area contributed by atoms with Crippen molar-refractivity contribution in [1.82, 2.24) is 5.43 Å². The number of primary amides is 1. The Bertz CT molecular complexity index is 956. The number of nitrogens with one attached hydrogen (secondary N) is 1. The Balaban J connectivity index is 1.75. The van der Waals surface area contributed by atoms with E-state index in [0.717, 1.165) is 12.1 Å². The van der Waals surface area contributed by atoms with E-state index in [1.54, 1.807) is 12.1 Å². The molecule has 3 N–H and O–H groups in total. The van der Waals surface area contributed by atoms with Gasteiger partial charge in [-0.25, -0.2) is 4.99 Å². The van der Waals surface area contributed by atoms with Crippen molar-refractivity contribution in [2.24, 2.45) is 10.7 Å². The van der Waals surface area contributed by atoms with Crippen LogP contribution < -0.4 is 16.2 Å². The third-order valence-electron chi connectivity index (χ3n) is 4.36. The maximum atomic E-state index is 13.8. The molecule has 12 heteroatoms. The lowest BCUT2D eigenvalue weighted by Crippen LogP contribution is -2.50. The lowest BCUT2D eigenvalue weighted by atomic mass is 10.0. The lowest BCUT2D eigenvalue weighted by molar-refractivity contribution is -0.359. The van der Waals surface area contributed by atoms with Crippen LogP contribution in [-0.2, 0) is 5.92 Å². The van der Waals surface area contributed by atoms with Crippen molar-refractivity contribution in [3.63, 3.8) is 0 Å². The summed E-state index contributed by atoms with van der Waals surface area (Å²) >= 11 is 0. The Morgan fingerprint density at radius 1 is 0.933 bits per heavy atom. The molecule has 1 aliphatic rings. The molecule has 0 saturated heterocycles. The monoisotopic (exact) mass is 434 g/mol. The first-order valence-electron chi connectivity index (χ1n) is 8.26. The molecule has 0 aliphatic carbocycles. The molecule has 0 bridgehead atoms. The number of nitrogens with two attached hydrogens (primary N) is 1. The average molecular weight is 434 g/mol. The smallest absolute Gasteiger partial charge is 0.366 e. The van der Waals surface area contributed by atoms with Crippen LogP contribution in [0.3, 0.4) is 0 Å². The fourth-order valence-corrected chi connectivity index (χ4v) is 2.65. The number of carbonyl (C=O) groups is 1. The summed E-state index contributed by atoms with van der Waals surface area (Å²) in [5.41, 5.74) is 7.62. The van der Waals surface area contributed by atoms with Crippen LogP contribution in [0.25, 0.3) is 0 Å². The van der Waals surface area contributed by atoms with Crippen LogP contribution in [0, 0.1) is 0 Å². The molecule has 0 saturated carbocycles. The van der Waals surface area contributed by atoms with E-state index >= 15 is 0 Å². The Hall–Kier alpha value is -3.15. The van der Waals surface area contributed by atoms with E-state index in [1.807, 2.05) is 0 Å². The lowest BCUT2D eigenvalue weighted by Gasteiger charge is -2.28. The SMILES string of the molecule is NC(=O)c1ccc(C2N=CN(c3ccc(C(F)(F)C(F)(F)C(F)(F)F)cc3)N2)cc1. The van der Waals surface area contributed by atoms with E-state index in [1.165, 1.54) is 23.5 Å². The molecule has 1 aliphatic heterocycles. The highest BCUT2D eigenvalue weighted by atomic mass is 19.4. The second-order valence-electron chi connectivity index (χ2n) is 6.35. The van der Waals surface area contributed by atoms with Crippen molar-refractivity contribution < 1.29 is 35.5 Å². The summed E-state index contributed by atoms with van der Waals surface area (Å²) in [6.45, 7) is 0. The van der Waals surface area contributed by atoms with Gasteiger partial charge in [0.15, 0.2) is 0 Å². The molecular formula is C18H13F7N4O. The average Bonchev–Trinajstić information content (AvgIpc) is 3.17. The minimum absolute atomic E-state index is 0.171. The minimum atomic E-state index is -6.41. The molecule has 2 aromatic rings. The van der Waals surface area contributed by atoms with Gasteiger partial charge >= 0.3 is 18.0 Å². The Kier molecular flexibility index (Phi) is 5.23. The van der Waals surface area contributed by atoms with Crippen molar-refractivity contribution in [2.75, 3.05) is 5.01 Å². The number of nitrogens with zero attached hydrogens (tertiary/aromatic N) is 2. The number of alkyl halides is 7. The van der Waals surface area contributed by atoms with E-state index in [0.29, 0.717) is 17.7 Å². The first-order chi connectivity index (χ1) is 13.8. The second-order valence-corrected chi connectivity index (χ2v) is 6.35. The Morgan fingerprint density at radius 3 is 2.00 bits per heavy atom. The summed E-state index contributed by atoms with van der Waals surface area (Å²) in [5, 5.41) is 1.27. The summed E-state index contributed by atoms with van der Waals surface area (Å²) in [4.78, 5) is 15.2. The van der Waals surface area contributed by atoms with E-state index in [4.69, 9.17) is 5.73 Å². The minimum Gasteiger partial charge on any atom is -0.366 e. The van der Waals surface area contributed by atoms with Crippen LogP contribution >= 0.6 is 0 Å². The molecule has 0 aromatic heterocycles. The van der Waals surface area contributed by atoms with E-state index in [2.05, 4.69) is 10.4 Å². The number of hydrogen-bond acceptors (Lipinski definition) is 4. The van der Waals surface area contributed by atoms with Crippen LogP contribution in [0.15, 0.2) is 53.5 Å². The molecule has 3 rings (SSSR count). The predicted molar refractivity (Wildman–Crippen MR) is 93.1 cm³/mol. The number of halogens is 7. The van der Waals surface area contributed by atoms with Crippen molar-refractivity contribution in [3.05, 3.63) is 65.2 Å². The number of carbonyl (C=O) groups excluding carboxylic acids is 1. The molecule has 160 valence electrons. The molecule has 1 atom stereocenters. The molecule has 1 heterocycles. The quantitative estimate of drug-likeness (QED) is 0.696. The number of hydrogen-bond donors (Lipinski definition) is 2. The Labute approximate surface area is 165 Å². The van der Waals surface area contributed by atoms with Crippen LogP contribution in [-0.4, -0.2) is 24.3 Å². The fraction of sp³-hybridized carbons (Fsp3) is 0.222. The number of benzene rings is 2. The molecule has 1 unspecified atom stereocenters. The van der Waals surface area contributed by atoms with Crippen LogP contribution in [0.5, 0.6) is 0 Å². The summed E-state index contributed by atoms with van der Waals surface area (Å²) in [6, 6.07) is 9.01. The van der Waals surface area contributed by atoms with Gasteiger partial charge in [0.1, 0.15) is 12.5 Å². The van der Waals surface area contributed by atoms with Gasteiger partial charge in [-0.05, 0) is 29.8 Å². The zero-order chi connectivity index (χ0) is 22.3. The maximum absolute atomic E-state index is 13.8. The molecule has 30 heavy (non-hydrogen) atoms. The van der Waals surface area contributed by atoms with Crippen LogP contribution in [0.4, 0.5) is 36.4 Å². The molecule has 0 spiro atoms. The number of aliphatic imine (C=N–C) groups is 1. The van der Waals surface area contributed by atoms with Crippen molar-refractivity contribution in [2.45, 2.75) is 24.2 Å². The standard InChI is InChI=1S/C18H13F7N4O/c19-16(20,17(21,22)18(23,24)25)12-5-7-13(8-6-12)29-9-27-15(28-29)11-3-1-10(2-4-11)14(26)30/h1-9,15,28H,(H2,26,30). The summed E-state index contributed by atoms with van der Waals surface area (Å²) < 4.78 is 90.8. The summed E-state index contributed by atoms with van der Waals surface area (Å²) in [6.07, 6.45) is -5.73. The molecule has 5 nitrogen and oxygen atoms in total. The molecule has 0 fully saturated rings. The van der Waals surface area contributed by atoms with Crippen LogP contribution in [0.2, 0.25) is 0 Å².